The maximum Gasteiger partial charge on any atom is 0.144 e. The van der Waals surface area contributed by atoms with Gasteiger partial charge < -0.3 is 30.5 Å². The van der Waals surface area contributed by atoms with Crippen molar-refractivity contribution in [3.05, 3.63) is 48.5 Å². The van der Waals surface area contributed by atoms with E-state index in [0.29, 0.717) is 11.9 Å². The molecular formula is C27H36N8O. The fourth-order valence-corrected chi connectivity index (χ4v) is 5.46. The molecule has 5 rings (SSSR count). The minimum absolute atomic E-state index is 0.0668. The van der Waals surface area contributed by atoms with Crippen LogP contribution in [0.5, 0.6) is 5.75 Å². The molecule has 3 aromatic rings. The third-order valence-electron chi connectivity index (χ3n) is 7.07. The van der Waals surface area contributed by atoms with Crippen molar-refractivity contribution in [2.75, 3.05) is 61.7 Å². The molecule has 0 saturated carbocycles. The highest BCUT2D eigenvalue weighted by Gasteiger charge is 2.37. The summed E-state index contributed by atoms with van der Waals surface area (Å²) in [6.07, 6.45) is 5.76. The highest BCUT2D eigenvalue weighted by molar-refractivity contribution is 5.80. The molecule has 9 heteroatoms. The van der Waals surface area contributed by atoms with Gasteiger partial charge in [-0.1, -0.05) is 13.8 Å². The van der Waals surface area contributed by atoms with Gasteiger partial charge in [-0.15, -0.1) is 0 Å². The Hall–Kier alpha value is -3.59. The first kappa shape index (κ1) is 24.1. The Kier molecular flexibility index (Phi) is 6.34. The Labute approximate surface area is 213 Å². The van der Waals surface area contributed by atoms with Crippen LogP contribution < -0.4 is 25.6 Å². The predicted octanol–water partition coefficient (Wildman–Crippen LogP) is 4.17. The van der Waals surface area contributed by atoms with Gasteiger partial charge in [-0.05, 0) is 45.1 Å². The molecule has 0 spiro atoms. The summed E-state index contributed by atoms with van der Waals surface area (Å²) in [4.78, 5) is 20.5. The van der Waals surface area contributed by atoms with Gasteiger partial charge in [0.05, 0.1) is 35.6 Å². The van der Waals surface area contributed by atoms with Gasteiger partial charge in [-0.2, -0.15) is 0 Å². The summed E-state index contributed by atoms with van der Waals surface area (Å²) in [5.74, 6) is 2.22. The van der Waals surface area contributed by atoms with Gasteiger partial charge in [-0.3, -0.25) is 4.98 Å². The molecule has 1 atom stereocenters. The molecule has 0 bridgehead atoms. The standard InChI is InChI=1S/C27H36N8O/c1-27(2)16-35(21-9-6-10-29-26(21)27)25-14-24(30-17-31-25)32-20-12-19(28)22(13-23(20)36-5)34-11-7-8-18(34)15-33(3)4/h6,9-10,12-14,17-18H,7-8,11,15-16,28H2,1-5H3,(H,30,31,32)/t18-/m1/s1. The molecule has 1 saturated heterocycles. The van der Waals surface area contributed by atoms with Crippen LogP contribution in [0.2, 0.25) is 0 Å². The summed E-state index contributed by atoms with van der Waals surface area (Å²) in [6, 6.07) is 10.4. The Morgan fingerprint density at radius 3 is 2.78 bits per heavy atom. The second kappa shape index (κ2) is 9.46. The number of fused-ring (bicyclic) bond motifs is 1. The van der Waals surface area contributed by atoms with Gasteiger partial charge in [0.15, 0.2) is 0 Å². The Morgan fingerprint density at radius 1 is 1.17 bits per heavy atom. The first-order valence-electron chi connectivity index (χ1n) is 12.5. The summed E-state index contributed by atoms with van der Waals surface area (Å²) < 4.78 is 5.78. The van der Waals surface area contributed by atoms with Gasteiger partial charge in [0.2, 0.25) is 0 Å². The van der Waals surface area contributed by atoms with Crippen LogP contribution in [0.1, 0.15) is 32.4 Å². The molecule has 0 radical (unpaired) electrons. The number of hydrogen-bond donors (Lipinski definition) is 2. The molecule has 4 heterocycles. The summed E-state index contributed by atoms with van der Waals surface area (Å²) in [6.45, 7) is 7.20. The van der Waals surface area contributed by atoms with Gasteiger partial charge in [0.25, 0.3) is 0 Å². The van der Waals surface area contributed by atoms with Crippen molar-refractivity contribution in [2.24, 2.45) is 0 Å². The molecule has 0 unspecified atom stereocenters. The zero-order valence-electron chi connectivity index (χ0n) is 21.8. The number of nitrogen functional groups attached to an aromatic ring is 1. The fourth-order valence-electron chi connectivity index (χ4n) is 5.46. The predicted molar refractivity (Wildman–Crippen MR) is 146 cm³/mol. The lowest BCUT2D eigenvalue weighted by Gasteiger charge is -2.30. The SMILES string of the molecule is COc1cc(N2CCC[C@@H]2CN(C)C)c(N)cc1Nc1cc(N2CC(C)(C)c3ncccc32)ncn1. The van der Waals surface area contributed by atoms with E-state index in [1.165, 1.54) is 0 Å². The average Bonchev–Trinajstić information content (AvgIpc) is 3.41. The number of nitrogens with two attached hydrogens (primary N) is 1. The second-order valence-corrected chi connectivity index (χ2v) is 10.6. The third kappa shape index (κ3) is 4.51. The van der Waals surface area contributed by atoms with Crippen LogP contribution in [0.25, 0.3) is 0 Å². The smallest absolute Gasteiger partial charge is 0.144 e. The molecule has 0 amide bonds. The maximum absolute atomic E-state index is 6.59. The molecule has 0 aliphatic carbocycles. The molecular weight excluding hydrogens is 452 g/mol. The quantitative estimate of drug-likeness (QED) is 0.475. The lowest BCUT2D eigenvalue weighted by molar-refractivity contribution is 0.372. The normalized spacial score (nSPS) is 18.6. The Morgan fingerprint density at radius 2 is 2.00 bits per heavy atom. The van der Waals surface area contributed by atoms with Crippen LogP contribution in [0.15, 0.2) is 42.9 Å². The molecule has 1 aromatic carbocycles. The van der Waals surface area contributed by atoms with Gasteiger partial charge >= 0.3 is 0 Å². The number of nitrogens with zero attached hydrogens (tertiary/aromatic N) is 6. The van der Waals surface area contributed by atoms with Crippen molar-refractivity contribution >= 4 is 34.4 Å². The van der Waals surface area contributed by atoms with Crippen molar-refractivity contribution in [3.63, 3.8) is 0 Å². The van der Waals surface area contributed by atoms with Gasteiger partial charge in [-0.25, -0.2) is 9.97 Å². The fraction of sp³-hybridized carbons (Fsp3) is 0.444. The second-order valence-electron chi connectivity index (χ2n) is 10.6. The number of benzene rings is 1. The lowest BCUT2D eigenvalue weighted by atomic mass is 9.91. The number of anilines is 6. The lowest BCUT2D eigenvalue weighted by Crippen LogP contribution is -2.37. The van der Waals surface area contributed by atoms with Crippen molar-refractivity contribution < 1.29 is 4.74 Å². The topological polar surface area (TPSA) is 95.7 Å². The third-order valence-corrected chi connectivity index (χ3v) is 7.07. The van der Waals surface area contributed by atoms with Crippen molar-refractivity contribution in [3.8, 4) is 5.75 Å². The number of aromatic nitrogens is 3. The maximum atomic E-state index is 6.59. The number of rotatable bonds is 7. The number of ether oxygens (including phenoxy) is 1. The number of methoxy groups -OCH3 is 1. The van der Waals surface area contributed by atoms with Crippen molar-refractivity contribution in [1.82, 2.24) is 19.9 Å². The molecule has 3 N–H and O–H groups in total. The summed E-state index contributed by atoms with van der Waals surface area (Å²) in [5.41, 5.74) is 11.2. The average molecular weight is 489 g/mol. The summed E-state index contributed by atoms with van der Waals surface area (Å²) in [5, 5.41) is 3.41. The Bertz CT molecular complexity index is 1240. The van der Waals surface area contributed by atoms with Crippen LogP contribution in [-0.2, 0) is 5.41 Å². The highest BCUT2D eigenvalue weighted by Crippen LogP contribution is 2.43. The molecule has 1 fully saturated rings. The monoisotopic (exact) mass is 488 g/mol. The van der Waals surface area contributed by atoms with Crippen LogP contribution >= 0.6 is 0 Å². The zero-order valence-corrected chi connectivity index (χ0v) is 21.8. The highest BCUT2D eigenvalue weighted by atomic mass is 16.5. The first-order chi connectivity index (χ1) is 17.3. The van der Waals surface area contributed by atoms with E-state index in [-0.39, 0.29) is 5.41 Å². The van der Waals surface area contributed by atoms with E-state index in [9.17, 15) is 0 Å². The minimum atomic E-state index is -0.0668. The number of likely N-dealkylation sites (N-methyl/N-ethyl adjacent to an activating group) is 1. The number of hydrogen-bond acceptors (Lipinski definition) is 9. The van der Waals surface area contributed by atoms with E-state index < -0.39 is 0 Å². The van der Waals surface area contributed by atoms with E-state index >= 15 is 0 Å². The molecule has 36 heavy (non-hydrogen) atoms. The first-order valence-corrected chi connectivity index (χ1v) is 12.5. The molecule has 2 aliphatic rings. The largest absolute Gasteiger partial charge is 0.494 e. The summed E-state index contributed by atoms with van der Waals surface area (Å²) in [7, 11) is 5.91. The van der Waals surface area contributed by atoms with Crippen LogP contribution in [0, 0.1) is 0 Å². The van der Waals surface area contributed by atoms with E-state index in [2.05, 4.69) is 69.0 Å². The van der Waals surface area contributed by atoms with Crippen LogP contribution in [0.3, 0.4) is 0 Å². The molecule has 2 aromatic heterocycles. The van der Waals surface area contributed by atoms with Gasteiger partial charge in [0, 0.05) is 49.4 Å². The van der Waals surface area contributed by atoms with E-state index in [0.717, 1.165) is 72.5 Å². The molecule has 2 aliphatic heterocycles. The van der Waals surface area contributed by atoms with Crippen LogP contribution in [-0.4, -0.2) is 66.7 Å². The summed E-state index contributed by atoms with van der Waals surface area (Å²) >= 11 is 0. The van der Waals surface area contributed by atoms with Crippen LogP contribution in [0.4, 0.5) is 34.4 Å². The van der Waals surface area contributed by atoms with Crippen molar-refractivity contribution in [2.45, 2.75) is 38.1 Å². The number of pyridine rings is 1. The molecule has 9 nitrogen and oxygen atoms in total. The van der Waals surface area contributed by atoms with E-state index in [1.807, 2.05) is 30.5 Å². The van der Waals surface area contributed by atoms with E-state index in [1.54, 1.807) is 13.4 Å². The van der Waals surface area contributed by atoms with Crippen molar-refractivity contribution in [1.29, 1.82) is 0 Å². The van der Waals surface area contributed by atoms with E-state index in [4.69, 9.17) is 10.5 Å². The molecule has 190 valence electrons. The Balaban J connectivity index is 1.42. The van der Waals surface area contributed by atoms with Gasteiger partial charge in [0.1, 0.15) is 23.7 Å². The number of nitrogens with one attached hydrogen (secondary N) is 1. The zero-order chi connectivity index (χ0) is 25.4. The minimum Gasteiger partial charge on any atom is -0.494 e.